The van der Waals surface area contributed by atoms with Crippen LogP contribution < -0.4 is 10.1 Å². The molecule has 0 bridgehead atoms. The molecule has 122 valence electrons. The Balaban J connectivity index is 2.06. The Morgan fingerprint density at radius 3 is 2.57 bits per heavy atom. The zero-order valence-electron chi connectivity index (χ0n) is 13.0. The molecule has 0 spiro atoms. The van der Waals surface area contributed by atoms with Crippen LogP contribution in [0, 0.1) is 11.3 Å². The largest absolute Gasteiger partial charge is 0.480 e. The van der Waals surface area contributed by atoms with Crippen LogP contribution in [0.1, 0.15) is 49.4 Å². The second-order valence-electron chi connectivity index (χ2n) is 5.81. The minimum absolute atomic E-state index is 0.000173. The summed E-state index contributed by atoms with van der Waals surface area (Å²) in [4.78, 5) is 23.5. The van der Waals surface area contributed by atoms with Gasteiger partial charge in [-0.1, -0.05) is 31.4 Å². The summed E-state index contributed by atoms with van der Waals surface area (Å²) < 4.78 is 5.50. The second kappa shape index (κ2) is 7.14. The van der Waals surface area contributed by atoms with Crippen molar-refractivity contribution in [2.24, 2.45) is 0 Å². The lowest BCUT2D eigenvalue weighted by Crippen LogP contribution is -2.52. The number of carboxylic acid groups (broad SMARTS) is 1. The Morgan fingerprint density at radius 2 is 1.96 bits per heavy atom. The maximum atomic E-state index is 12.3. The molecule has 2 N–H and O–H groups in total. The molecule has 0 saturated heterocycles. The summed E-state index contributed by atoms with van der Waals surface area (Å²) in [7, 11) is 0. The zero-order chi connectivity index (χ0) is 16.9. The molecule has 23 heavy (non-hydrogen) atoms. The van der Waals surface area contributed by atoms with Crippen LogP contribution in [0.25, 0.3) is 0 Å². The molecular formula is C17H20N2O4. The average molecular weight is 316 g/mol. The Hall–Kier alpha value is -2.55. The maximum absolute atomic E-state index is 12.3. The summed E-state index contributed by atoms with van der Waals surface area (Å²) in [5.74, 6) is -1.39. The van der Waals surface area contributed by atoms with Crippen molar-refractivity contribution in [3.8, 4) is 11.8 Å². The fraction of sp³-hybridized carbons (Fsp3) is 0.471. The predicted molar refractivity (Wildman–Crippen MR) is 83.1 cm³/mol. The number of aromatic carboxylic acids is 1. The molecule has 0 heterocycles. The summed E-state index contributed by atoms with van der Waals surface area (Å²) in [5.41, 5.74) is -0.834. The van der Waals surface area contributed by atoms with Gasteiger partial charge in [0, 0.05) is 0 Å². The molecule has 0 radical (unpaired) electrons. The van der Waals surface area contributed by atoms with Gasteiger partial charge in [-0.15, -0.1) is 0 Å². The number of nitrogens with one attached hydrogen (secondary N) is 1. The maximum Gasteiger partial charge on any atom is 0.339 e. The molecular weight excluding hydrogens is 296 g/mol. The number of hydrogen-bond acceptors (Lipinski definition) is 4. The number of ether oxygens (including phenoxy) is 1. The SMILES string of the molecule is C[C@@H](Oc1ccccc1C(=O)O)C(=O)NC1(C#N)CCCCC1. The van der Waals surface area contributed by atoms with Crippen LogP contribution in [0.5, 0.6) is 5.75 Å². The molecule has 1 aliphatic carbocycles. The van der Waals surface area contributed by atoms with Crippen molar-refractivity contribution in [2.45, 2.75) is 50.7 Å². The highest BCUT2D eigenvalue weighted by Gasteiger charge is 2.35. The van der Waals surface area contributed by atoms with Gasteiger partial charge in [0.1, 0.15) is 16.9 Å². The molecule has 6 nitrogen and oxygen atoms in total. The Kier molecular flexibility index (Phi) is 5.22. The topological polar surface area (TPSA) is 99.4 Å². The lowest BCUT2D eigenvalue weighted by molar-refractivity contribution is -0.129. The van der Waals surface area contributed by atoms with Gasteiger partial charge >= 0.3 is 5.97 Å². The predicted octanol–water partition coefficient (Wildman–Crippen LogP) is 2.49. The number of nitrogens with zero attached hydrogens (tertiary/aromatic N) is 1. The standard InChI is InChI=1S/C17H20N2O4/c1-12(23-14-8-4-3-7-13(14)16(21)22)15(20)19-17(11-18)9-5-2-6-10-17/h3-4,7-8,12H,2,5-6,9-10H2,1H3,(H,19,20)(H,21,22)/t12-/m1/s1. The summed E-state index contributed by atoms with van der Waals surface area (Å²) in [6.07, 6.45) is 3.26. The Bertz CT molecular complexity index is 630. The summed E-state index contributed by atoms with van der Waals surface area (Å²) in [6, 6.07) is 8.37. The monoisotopic (exact) mass is 316 g/mol. The van der Waals surface area contributed by atoms with E-state index >= 15 is 0 Å². The van der Waals surface area contributed by atoms with E-state index < -0.39 is 23.5 Å². The van der Waals surface area contributed by atoms with Crippen molar-refractivity contribution in [1.82, 2.24) is 5.32 Å². The van der Waals surface area contributed by atoms with E-state index in [4.69, 9.17) is 9.84 Å². The van der Waals surface area contributed by atoms with Crippen LogP contribution in [0.4, 0.5) is 0 Å². The lowest BCUT2D eigenvalue weighted by Gasteiger charge is -2.32. The minimum Gasteiger partial charge on any atom is -0.480 e. The number of nitriles is 1. The number of carbonyl (C=O) groups excluding carboxylic acids is 1. The summed E-state index contributed by atoms with van der Waals surface area (Å²) in [5, 5.41) is 21.3. The molecule has 6 heteroatoms. The molecule has 2 rings (SSSR count). The normalized spacial score (nSPS) is 17.6. The highest BCUT2D eigenvalue weighted by molar-refractivity contribution is 5.91. The van der Waals surface area contributed by atoms with E-state index in [1.165, 1.54) is 12.1 Å². The van der Waals surface area contributed by atoms with E-state index in [0.717, 1.165) is 19.3 Å². The molecule has 1 aromatic rings. The van der Waals surface area contributed by atoms with Crippen molar-refractivity contribution in [2.75, 3.05) is 0 Å². The third-order valence-corrected chi connectivity index (χ3v) is 4.07. The molecule has 1 amide bonds. The first kappa shape index (κ1) is 16.8. The minimum atomic E-state index is -1.12. The number of carboxylic acids is 1. The van der Waals surface area contributed by atoms with E-state index in [1.54, 1.807) is 19.1 Å². The fourth-order valence-electron chi connectivity index (χ4n) is 2.75. The quantitative estimate of drug-likeness (QED) is 0.869. The third kappa shape index (κ3) is 4.01. The van der Waals surface area contributed by atoms with Gasteiger partial charge in [-0.05, 0) is 31.9 Å². The first-order valence-corrected chi connectivity index (χ1v) is 7.70. The number of para-hydroxylation sites is 1. The van der Waals surface area contributed by atoms with Crippen molar-refractivity contribution in [3.63, 3.8) is 0 Å². The van der Waals surface area contributed by atoms with Gasteiger partial charge in [0.25, 0.3) is 5.91 Å². The van der Waals surface area contributed by atoms with E-state index in [9.17, 15) is 14.9 Å². The highest BCUT2D eigenvalue weighted by Crippen LogP contribution is 2.28. The van der Waals surface area contributed by atoms with Crippen LogP contribution >= 0.6 is 0 Å². The Morgan fingerprint density at radius 1 is 1.30 bits per heavy atom. The van der Waals surface area contributed by atoms with Gasteiger partial charge < -0.3 is 15.2 Å². The van der Waals surface area contributed by atoms with E-state index in [1.807, 2.05) is 0 Å². The summed E-state index contributed by atoms with van der Waals surface area (Å²) >= 11 is 0. The van der Waals surface area contributed by atoms with E-state index in [2.05, 4.69) is 11.4 Å². The molecule has 1 fully saturated rings. The van der Waals surface area contributed by atoms with Crippen molar-refractivity contribution in [3.05, 3.63) is 29.8 Å². The summed E-state index contributed by atoms with van der Waals surface area (Å²) in [6.45, 7) is 1.54. The fourth-order valence-corrected chi connectivity index (χ4v) is 2.75. The second-order valence-corrected chi connectivity index (χ2v) is 5.81. The molecule has 0 aromatic heterocycles. The van der Waals surface area contributed by atoms with Crippen LogP contribution in [0.3, 0.4) is 0 Å². The molecule has 0 aliphatic heterocycles. The number of rotatable bonds is 5. The molecule has 1 saturated carbocycles. The van der Waals surface area contributed by atoms with Crippen LogP contribution in [0.15, 0.2) is 24.3 Å². The van der Waals surface area contributed by atoms with E-state index in [0.29, 0.717) is 12.8 Å². The van der Waals surface area contributed by atoms with Crippen LogP contribution in [-0.4, -0.2) is 28.6 Å². The molecule has 1 aliphatic rings. The van der Waals surface area contributed by atoms with Crippen molar-refractivity contribution in [1.29, 1.82) is 5.26 Å². The van der Waals surface area contributed by atoms with Gasteiger partial charge in [0.15, 0.2) is 6.10 Å². The first-order valence-electron chi connectivity index (χ1n) is 7.70. The lowest BCUT2D eigenvalue weighted by atomic mass is 9.83. The average Bonchev–Trinajstić information content (AvgIpc) is 2.56. The number of carbonyl (C=O) groups is 2. The van der Waals surface area contributed by atoms with Crippen LogP contribution in [-0.2, 0) is 4.79 Å². The number of benzene rings is 1. The highest BCUT2D eigenvalue weighted by atomic mass is 16.5. The van der Waals surface area contributed by atoms with Crippen LogP contribution in [0.2, 0.25) is 0 Å². The van der Waals surface area contributed by atoms with Gasteiger partial charge in [0.2, 0.25) is 0 Å². The number of hydrogen-bond donors (Lipinski definition) is 2. The third-order valence-electron chi connectivity index (χ3n) is 4.07. The number of amides is 1. The zero-order valence-corrected chi connectivity index (χ0v) is 13.0. The van der Waals surface area contributed by atoms with Gasteiger partial charge in [-0.25, -0.2) is 4.79 Å². The van der Waals surface area contributed by atoms with E-state index in [-0.39, 0.29) is 11.3 Å². The van der Waals surface area contributed by atoms with Gasteiger partial charge in [0.05, 0.1) is 6.07 Å². The Labute approximate surface area is 135 Å². The van der Waals surface area contributed by atoms with Crippen molar-refractivity contribution >= 4 is 11.9 Å². The van der Waals surface area contributed by atoms with Gasteiger partial charge in [-0.3, -0.25) is 4.79 Å². The molecule has 1 atom stereocenters. The molecule has 1 aromatic carbocycles. The van der Waals surface area contributed by atoms with Crippen molar-refractivity contribution < 1.29 is 19.4 Å². The smallest absolute Gasteiger partial charge is 0.339 e. The first-order chi connectivity index (χ1) is 11.0. The van der Waals surface area contributed by atoms with Gasteiger partial charge in [-0.2, -0.15) is 5.26 Å². The molecule has 0 unspecified atom stereocenters.